The minimum Gasteiger partial charge on any atom is -0.480 e. The van der Waals surface area contributed by atoms with E-state index in [1.165, 1.54) is 24.3 Å². The second-order valence-electron chi connectivity index (χ2n) is 7.59. The Bertz CT molecular complexity index is 1170. The van der Waals surface area contributed by atoms with E-state index in [9.17, 15) is 18.4 Å². The van der Waals surface area contributed by atoms with Gasteiger partial charge in [-0.1, -0.05) is 31.2 Å². The lowest BCUT2D eigenvalue weighted by atomic mass is 10.1. The molecule has 0 saturated heterocycles. The van der Waals surface area contributed by atoms with Crippen molar-refractivity contribution in [3.05, 3.63) is 95.1 Å². The molecule has 5 nitrogen and oxygen atoms in total. The number of anilines is 1. The highest BCUT2D eigenvalue weighted by Crippen LogP contribution is 2.30. The molecule has 1 N–H and O–H groups in total. The summed E-state index contributed by atoms with van der Waals surface area (Å²) in [6.07, 6.45) is -0.222. The lowest BCUT2D eigenvalue weighted by Gasteiger charge is -2.23. The molecule has 0 bridgehead atoms. The quantitative estimate of drug-likeness (QED) is 0.618. The molecule has 1 atom stereocenters. The van der Waals surface area contributed by atoms with Gasteiger partial charge in [-0.15, -0.1) is 0 Å². The van der Waals surface area contributed by atoms with Crippen LogP contribution in [-0.2, 0) is 17.9 Å². The molecule has 2 amide bonds. The van der Waals surface area contributed by atoms with Crippen LogP contribution >= 0.6 is 0 Å². The van der Waals surface area contributed by atoms with Gasteiger partial charge in [0.25, 0.3) is 11.8 Å². The molecular weight excluding hydrogens is 414 g/mol. The number of carbonyl (C=O) groups is 2. The van der Waals surface area contributed by atoms with E-state index in [1.807, 2.05) is 6.92 Å². The summed E-state index contributed by atoms with van der Waals surface area (Å²) in [6, 6.07) is 16.8. The summed E-state index contributed by atoms with van der Waals surface area (Å²) in [4.78, 5) is 27.0. The van der Waals surface area contributed by atoms with Crippen molar-refractivity contribution in [2.45, 2.75) is 32.5 Å². The van der Waals surface area contributed by atoms with Gasteiger partial charge in [0.15, 0.2) is 6.10 Å². The standard InChI is InChI=1S/C25H22F2N2O3/c1-2-22-25(31)29(14-17-6-3-4-9-21(17)27)15-18-13-20(10-11-23(18)32-22)28-24(30)16-7-5-8-19(26)12-16/h3-13,22H,2,14-15H2,1H3,(H,28,30). The summed E-state index contributed by atoms with van der Waals surface area (Å²) < 4.78 is 33.6. The van der Waals surface area contributed by atoms with Gasteiger partial charge in [-0.3, -0.25) is 9.59 Å². The number of hydrogen-bond donors (Lipinski definition) is 1. The van der Waals surface area contributed by atoms with Gasteiger partial charge >= 0.3 is 0 Å². The van der Waals surface area contributed by atoms with Gasteiger partial charge in [-0.2, -0.15) is 0 Å². The average Bonchev–Trinajstić information content (AvgIpc) is 2.91. The summed E-state index contributed by atoms with van der Waals surface area (Å²) in [7, 11) is 0. The average molecular weight is 436 g/mol. The molecule has 0 saturated carbocycles. The number of halogens is 2. The Morgan fingerprint density at radius 2 is 1.91 bits per heavy atom. The smallest absolute Gasteiger partial charge is 0.264 e. The van der Waals surface area contributed by atoms with Crippen LogP contribution in [0.5, 0.6) is 5.75 Å². The van der Waals surface area contributed by atoms with Crippen LogP contribution in [0.15, 0.2) is 66.7 Å². The monoisotopic (exact) mass is 436 g/mol. The zero-order chi connectivity index (χ0) is 22.7. The first-order chi connectivity index (χ1) is 15.4. The molecule has 3 aromatic rings. The fourth-order valence-corrected chi connectivity index (χ4v) is 3.64. The normalized spacial score (nSPS) is 15.5. The summed E-state index contributed by atoms with van der Waals surface area (Å²) >= 11 is 0. The van der Waals surface area contributed by atoms with Gasteiger partial charge in [-0.05, 0) is 48.9 Å². The van der Waals surface area contributed by atoms with Crippen molar-refractivity contribution in [3.8, 4) is 5.75 Å². The van der Waals surface area contributed by atoms with Crippen LogP contribution in [0.3, 0.4) is 0 Å². The van der Waals surface area contributed by atoms with Crippen LogP contribution in [0.25, 0.3) is 0 Å². The third kappa shape index (κ3) is 4.61. The molecule has 32 heavy (non-hydrogen) atoms. The largest absolute Gasteiger partial charge is 0.480 e. The van der Waals surface area contributed by atoms with E-state index in [2.05, 4.69) is 5.32 Å². The van der Waals surface area contributed by atoms with Gasteiger partial charge in [0.2, 0.25) is 0 Å². The van der Waals surface area contributed by atoms with E-state index < -0.39 is 17.8 Å². The predicted molar refractivity (Wildman–Crippen MR) is 116 cm³/mol. The van der Waals surface area contributed by atoms with Gasteiger partial charge in [0.1, 0.15) is 17.4 Å². The lowest BCUT2D eigenvalue weighted by Crippen LogP contribution is -2.39. The topological polar surface area (TPSA) is 58.6 Å². The molecule has 1 aliphatic rings. The third-order valence-corrected chi connectivity index (χ3v) is 5.31. The number of benzene rings is 3. The van der Waals surface area contributed by atoms with E-state index in [-0.39, 0.29) is 30.4 Å². The van der Waals surface area contributed by atoms with Gasteiger partial charge in [0.05, 0.1) is 0 Å². The highest BCUT2D eigenvalue weighted by Gasteiger charge is 2.30. The first-order valence-corrected chi connectivity index (χ1v) is 10.3. The Hall–Kier alpha value is -3.74. The molecule has 164 valence electrons. The Balaban J connectivity index is 1.60. The van der Waals surface area contributed by atoms with E-state index in [1.54, 1.807) is 41.3 Å². The molecule has 1 heterocycles. The molecule has 0 radical (unpaired) electrons. The van der Waals surface area contributed by atoms with Crippen molar-refractivity contribution < 1.29 is 23.1 Å². The zero-order valence-corrected chi connectivity index (χ0v) is 17.5. The van der Waals surface area contributed by atoms with Gasteiger partial charge in [0, 0.05) is 35.5 Å². The predicted octanol–water partition coefficient (Wildman–Crippen LogP) is 4.92. The molecule has 0 spiro atoms. The number of fused-ring (bicyclic) bond motifs is 1. The number of nitrogens with one attached hydrogen (secondary N) is 1. The lowest BCUT2D eigenvalue weighted by molar-refractivity contribution is -0.139. The van der Waals surface area contributed by atoms with E-state index in [4.69, 9.17) is 4.74 Å². The van der Waals surface area contributed by atoms with Gasteiger partial charge in [-0.25, -0.2) is 8.78 Å². The second-order valence-corrected chi connectivity index (χ2v) is 7.59. The highest BCUT2D eigenvalue weighted by molar-refractivity contribution is 6.04. The molecule has 1 aliphatic heterocycles. The van der Waals surface area contributed by atoms with Crippen molar-refractivity contribution in [2.75, 3.05) is 5.32 Å². The maximum absolute atomic E-state index is 14.2. The first kappa shape index (κ1) is 21.5. The van der Waals surface area contributed by atoms with Crippen molar-refractivity contribution in [1.29, 1.82) is 0 Å². The summed E-state index contributed by atoms with van der Waals surface area (Å²) in [5.41, 5.74) is 1.77. The fraction of sp³-hybridized carbons (Fsp3) is 0.200. The van der Waals surface area contributed by atoms with Crippen LogP contribution in [-0.4, -0.2) is 22.8 Å². The third-order valence-electron chi connectivity index (χ3n) is 5.31. The SMILES string of the molecule is CCC1Oc2ccc(NC(=O)c3cccc(F)c3)cc2CN(Cc2ccccc2F)C1=O. The second kappa shape index (κ2) is 9.18. The molecule has 0 aromatic heterocycles. The number of carbonyl (C=O) groups excluding carboxylic acids is 2. The Labute approximate surface area is 184 Å². The molecule has 1 unspecified atom stereocenters. The van der Waals surface area contributed by atoms with Crippen molar-refractivity contribution in [3.63, 3.8) is 0 Å². The molecule has 3 aromatic carbocycles. The minimum atomic E-state index is -0.684. The van der Waals surface area contributed by atoms with Gasteiger partial charge < -0.3 is 15.0 Å². The molecule has 7 heteroatoms. The number of rotatable bonds is 5. The first-order valence-electron chi connectivity index (χ1n) is 10.3. The van der Waals surface area contributed by atoms with Crippen LogP contribution < -0.4 is 10.1 Å². The Kier molecular flexibility index (Phi) is 6.16. The van der Waals surface area contributed by atoms with Crippen LogP contribution in [0.1, 0.15) is 34.8 Å². The maximum atomic E-state index is 14.2. The Morgan fingerprint density at radius 3 is 2.66 bits per heavy atom. The molecular formula is C25H22F2N2O3. The van der Waals surface area contributed by atoms with Crippen LogP contribution in [0, 0.1) is 11.6 Å². The summed E-state index contributed by atoms with van der Waals surface area (Å²) in [6.45, 7) is 2.15. The molecule has 4 rings (SSSR count). The number of amides is 2. The van der Waals surface area contributed by atoms with E-state index >= 15 is 0 Å². The van der Waals surface area contributed by atoms with E-state index in [0.717, 1.165) is 6.07 Å². The molecule has 0 aliphatic carbocycles. The highest BCUT2D eigenvalue weighted by atomic mass is 19.1. The van der Waals surface area contributed by atoms with Crippen LogP contribution in [0.4, 0.5) is 14.5 Å². The van der Waals surface area contributed by atoms with Crippen molar-refractivity contribution in [2.24, 2.45) is 0 Å². The maximum Gasteiger partial charge on any atom is 0.264 e. The summed E-state index contributed by atoms with van der Waals surface area (Å²) in [5.74, 6) is -1.03. The zero-order valence-electron chi connectivity index (χ0n) is 17.5. The van der Waals surface area contributed by atoms with E-state index in [0.29, 0.717) is 29.0 Å². The number of nitrogens with zero attached hydrogens (tertiary/aromatic N) is 1. The fourth-order valence-electron chi connectivity index (χ4n) is 3.64. The number of hydrogen-bond acceptors (Lipinski definition) is 3. The molecule has 0 fully saturated rings. The minimum absolute atomic E-state index is 0.102. The van der Waals surface area contributed by atoms with Crippen molar-refractivity contribution >= 4 is 17.5 Å². The van der Waals surface area contributed by atoms with Crippen molar-refractivity contribution in [1.82, 2.24) is 4.90 Å². The number of ether oxygens (including phenoxy) is 1. The Morgan fingerprint density at radius 1 is 1.09 bits per heavy atom. The summed E-state index contributed by atoms with van der Waals surface area (Å²) in [5, 5.41) is 2.74. The van der Waals surface area contributed by atoms with Crippen LogP contribution in [0.2, 0.25) is 0 Å².